The van der Waals surface area contributed by atoms with Crippen molar-refractivity contribution in [2.24, 2.45) is 0 Å². The SMILES string of the molecule is N#Cc1c(N)cc2c(c1-c1ccc(Cl)cc1Cl)Cc1ccccc1-2. The predicted molar refractivity (Wildman–Crippen MR) is 99.3 cm³/mol. The highest BCUT2D eigenvalue weighted by Gasteiger charge is 2.26. The Bertz CT molecular complexity index is 1030. The molecule has 3 aromatic rings. The van der Waals surface area contributed by atoms with E-state index in [9.17, 15) is 5.26 Å². The maximum absolute atomic E-state index is 9.66. The molecule has 2 nitrogen and oxygen atoms in total. The Hall–Kier alpha value is -2.47. The molecule has 116 valence electrons. The minimum Gasteiger partial charge on any atom is -0.398 e. The summed E-state index contributed by atoms with van der Waals surface area (Å²) in [5, 5.41) is 10.7. The molecule has 0 spiro atoms. The third kappa shape index (κ3) is 2.17. The summed E-state index contributed by atoms with van der Waals surface area (Å²) >= 11 is 12.4. The van der Waals surface area contributed by atoms with Gasteiger partial charge < -0.3 is 5.73 Å². The van der Waals surface area contributed by atoms with Crippen molar-refractivity contribution in [3.63, 3.8) is 0 Å². The highest BCUT2D eigenvalue weighted by Crippen LogP contribution is 2.46. The molecule has 0 atom stereocenters. The van der Waals surface area contributed by atoms with E-state index in [1.165, 1.54) is 5.56 Å². The van der Waals surface area contributed by atoms with Gasteiger partial charge in [-0.1, -0.05) is 53.5 Å². The smallest absolute Gasteiger partial charge is 0.102 e. The van der Waals surface area contributed by atoms with Crippen molar-refractivity contribution in [3.8, 4) is 28.3 Å². The van der Waals surface area contributed by atoms with Crippen LogP contribution < -0.4 is 5.73 Å². The average molecular weight is 351 g/mol. The standard InChI is InChI=1S/C20H12Cl2N2/c21-12-5-6-14(18(22)8-12)20-16-7-11-3-1-2-4-13(11)15(16)9-19(24)17(20)10-23/h1-6,8-9H,7,24H2. The van der Waals surface area contributed by atoms with E-state index in [2.05, 4.69) is 18.2 Å². The summed E-state index contributed by atoms with van der Waals surface area (Å²) in [5.74, 6) is 0. The predicted octanol–water partition coefficient (Wildman–Crippen LogP) is 5.69. The zero-order chi connectivity index (χ0) is 16.8. The van der Waals surface area contributed by atoms with Crippen molar-refractivity contribution >= 4 is 28.9 Å². The van der Waals surface area contributed by atoms with Crippen molar-refractivity contribution in [1.82, 2.24) is 0 Å². The number of hydrogen-bond donors (Lipinski definition) is 1. The van der Waals surface area contributed by atoms with E-state index in [1.54, 1.807) is 12.1 Å². The number of anilines is 1. The van der Waals surface area contributed by atoms with Gasteiger partial charge in [0, 0.05) is 21.2 Å². The van der Waals surface area contributed by atoms with Gasteiger partial charge in [0.2, 0.25) is 0 Å². The highest BCUT2D eigenvalue weighted by molar-refractivity contribution is 6.36. The molecule has 1 aliphatic carbocycles. The van der Waals surface area contributed by atoms with E-state index in [0.717, 1.165) is 34.2 Å². The van der Waals surface area contributed by atoms with Gasteiger partial charge in [0.05, 0.1) is 11.3 Å². The van der Waals surface area contributed by atoms with Crippen molar-refractivity contribution < 1.29 is 0 Å². The van der Waals surface area contributed by atoms with Crippen molar-refractivity contribution in [1.29, 1.82) is 5.26 Å². The maximum atomic E-state index is 9.66. The fraction of sp³-hybridized carbons (Fsp3) is 0.0500. The summed E-state index contributed by atoms with van der Waals surface area (Å²) < 4.78 is 0. The van der Waals surface area contributed by atoms with Crippen LogP contribution in [0.3, 0.4) is 0 Å². The summed E-state index contributed by atoms with van der Waals surface area (Å²) in [6, 6.07) is 17.7. The summed E-state index contributed by atoms with van der Waals surface area (Å²) in [6.07, 6.45) is 0.759. The van der Waals surface area contributed by atoms with Crippen LogP contribution in [0.15, 0.2) is 48.5 Å². The number of benzene rings is 3. The maximum Gasteiger partial charge on any atom is 0.102 e. The van der Waals surface area contributed by atoms with E-state index in [1.807, 2.05) is 24.3 Å². The molecule has 0 saturated carbocycles. The minimum atomic E-state index is 0.464. The fourth-order valence-electron chi connectivity index (χ4n) is 3.41. The third-order valence-corrected chi connectivity index (χ3v) is 5.00. The number of nitriles is 1. The van der Waals surface area contributed by atoms with Crippen LogP contribution in [0.5, 0.6) is 0 Å². The molecule has 4 heteroatoms. The van der Waals surface area contributed by atoms with E-state index in [0.29, 0.717) is 21.3 Å². The molecular weight excluding hydrogens is 339 g/mol. The van der Waals surface area contributed by atoms with Gasteiger partial charge in [0.15, 0.2) is 0 Å². The molecule has 2 N–H and O–H groups in total. The van der Waals surface area contributed by atoms with Crippen LogP contribution >= 0.6 is 23.2 Å². The molecule has 0 bridgehead atoms. The quantitative estimate of drug-likeness (QED) is 0.448. The molecule has 4 rings (SSSR count). The Morgan fingerprint density at radius 1 is 0.958 bits per heavy atom. The second-order valence-corrected chi connectivity index (χ2v) is 6.66. The second-order valence-electron chi connectivity index (χ2n) is 5.81. The lowest BCUT2D eigenvalue weighted by Crippen LogP contribution is -1.99. The highest BCUT2D eigenvalue weighted by atomic mass is 35.5. The zero-order valence-corrected chi connectivity index (χ0v) is 14.1. The molecule has 0 heterocycles. The topological polar surface area (TPSA) is 49.8 Å². The number of halogens is 2. The van der Waals surface area contributed by atoms with E-state index in [4.69, 9.17) is 28.9 Å². The number of nitrogens with two attached hydrogens (primary N) is 1. The normalized spacial score (nSPS) is 11.7. The Morgan fingerprint density at radius 2 is 1.75 bits per heavy atom. The largest absolute Gasteiger partial charge is 0.398 e. The van der Waals surface area contributed by atoms with Crippen molar-refractivity contribution in [2.45, 2.75) is 6.42 Å². The van der Waals surface area contributed by atoms with E-state index in [-0.39, 0.29) is 0 Å². The van der Waals surface area contributed by atoms with Gasteiger partial charge in [-0.3, -0.25) is 0 Å². The number of hydrogen-bond acceptors (Lipinski definition) is 2. The summed E-state index contributed by atoms with van der Waals surface area (Å²) in [6.45, 7) is 0. The minimum absolute atomic E-state index is 0.464. The first-order valence-electron chi connectivity index (χ1n) is 7.49. The Balaban J connectivity index is 2.08. The zero-order valence-electron chi connectivity index (χ0n) is 12.6. The van der Waals surface area contributed by atoms with Crippen LogP contribution in [0, 0.1) is 11.3 Å². The number of nitrogens with zero attached hydrogens (tertiary/aromatic N) is 1. The number of fused-ring (bicyclic) bond motifs is 3. The lowest BCUT2D eigenvalue weighted by molar-refractivity contribution is 1.26. The monoisotopic (exact) mass is 350 g/mol. The van der Waals surface area contributed by atoms with Crippen LogP contribution in [0.4, 0.5) is 5.69 Å². The molecule has 0 aromatic heterocycles. The van der Waals surface area contributed by atoms with Crippen LogP contribution in [0.25, 0.3) is 22.3 Å². The van der Waals surface area contributed by atoms with E-state index < -0.39 is 0 Å². The lowest BCUT2D eigenvalue weighted by atomic mass is 9.90. The molecule has 0 saturated heterocycles. The molecule has 3 aromatic carbocycles. The van der Waals surface area contributed by atoms with Crippen LogP contribution in [-0.4, -0.2) is 0 Å². The van der Waals surface area contributed by atoms with Gasteiger partial charge in [-0.25, -0.2) is 0 Å². The van der Waals surface area contributed by atoms with Gasteiger partial charge >= 0.3 is 0 Å². The van der Waals surface area contributed by atoms with Gasteiger partial charge in [0.25, 0.3) is 0 Å². The molecule has 24 heavy (non-hydrogen) atoms. The molecule has 0 fully saturated rings. The van der Waals surface area contributed by atoms with Crippen molar-refractivity contribution in [2.75, 3.05) is 5.73 Å². The summed E-state index contributed by atoms with van der Waals surface area (Å²) in [4.78, 5) is 0. The number of nitrogen functional groups attached to an aromatic ring is 1. The second kappa shape index (κ2) is 5.56. The van der Waals surface area contributed by atoms with Gasteiger partial charge in [-0.2, -0.15) is 5.26 Å². The van der Waals surface area contributed by atoms with Gasteiger partial charge in [-0.15, -0.1) is 0 Å². The molecule has 0 radical (unpaired) electrons. The Labute approximate surface area is 150 Å². The first-order valence-corrected chi connectivity index (χ1v) is 8.25. The molecule has 0 amide bonds. The average Bonchev–Trinajstić information content (AvgIpc) is 2.92. The fourth-order valence-corrected chi connectivity index (χ4v) is 3.91. The van der Waals surface area contributed by atoms with Gasteiger partial charge in [0.1, 0.15) is 6.07 Å². The molecule has 0 aliphatic heterocycles. The van der Waals surface area contributed by atoms with Crippen LogP contribution in [0.2, 0.25) is 10.0 Å². The van der Waals surface area contributed by atoms with Crippen molar-refractivity contribution in [3.05, 3.63) is 75.3 Å². The van der Waals surface area contributed by atoms with Crippen LogP contribution in [0.1, 0.15) is 16.7 Å². The van der Waals surface area contributed by atoms with Gasteiger partial charge in [-0.05, 0) is 46.9 Å². The third-order valence-electron chi connectivity index (χ3n) is 4.45. The van der Waals surface area contributed by atoms with Crippen LogP contribution in [-0.2, 0) is 6.42 Å². The summed E-state index contributed by atoms with van der Waals surface area (Å²) in [5.41, 5.74) is 13.3. The Kier molecular flexibility index (Phi) is 3.49. The first-order chi connectivity index (χ1) is 11.6. The lowest BCUT2D eigenvalue weighted by Gasteiger charge is -2.15. The summed E-state index contributed by atoms with van der Waals surface area (Å²) in [7, 11) is 0. The van der Waals surface area contributed by atoms with E-state index >= 15 is 0 Å². The molecular formula is C20H12Cl2N2. The Morgan fingerprint density at radius 3 is 2.50 bits per heavy atom. The first kappa shape index (κ1) is 15.1. The number of rotatable bonds is 1. The molecule has 1 aliphatic rings. The molecule has 0 unspecified atom stereocenters.